The van der Waals surface area contributed by atoms with Gasteiger partial charge in [-0.05, 0) is 86.9 Å². The Kier molecular flexibility index (Phi) is 6.58. The molecule has 0 radical (unpaired) electrons. The summed E-state index contributed by atoms with van der Waals surface area (Å²) in [5.41, 5.74) is 5.92. The second kappa shape index (κ2) is 9.79. The molecule has 3 atom stereocenters. The third kappa shape index (κ3) is 4.44. The number of esters is 1. The molecular weight excluding hydrogens is 460 g/mol. The largest absolute Gasteiger partial charge is 0.465 e. The molecule has 2 aromatic heterocycles. The standard InChI is InChI=1S/C27H30N4O3S/c1-17-15-22(18(2)31(17)20-11-9-19(10-12-20)26(32)33-3)25-24(23-8-4-5-13-28-23)29-27(35)30(25)16-21-7-6-14-34-21/h4-5,8-13,15,21,24-25H,6-7,14,16H2,1-3H3,(H,29,35)/t21-,24+,25-/m1/s1. The monoisotopic (exact) mass is 490 g/mol. The van der Waals surface area contributed by atoms with E-state index >= 15 is 0 Å². The first-order chi connectivity index (χ1) is 17.0. The Bertz CT molecular complexity index is 1220. The number of hydrogen-bond donors (Lipinski definition) is 1. The zero-order chi connectivity index (χ0) is 24.5. The van der Waals surface area contributed by atoms with Crippen molar-refractivity contribution in [3.8, 4) is 5.69 Å². The molecule has 182 valence electrons. The number of methoxy groups -OCH3 is 1. The molecule has 0 unspecified atom stereocenters. The van der Waals surface area contributed by atoms with Crippen LogP contribution >= 0.6 is 12.2 Å². The van der Waals surface area contributed by atoms with Crippen molar-refractivity contribution in [2.75, 3.05) is 20.3 Å². The molecule has 1 aromatic carbocycles. The van der Waals surface area contributed by atoms with Gasteiger partial charge in [-0.3, -0.25) is 4.98 Å². The van der Waals surface area contributed by atoms with Crippen LogP contribution in [0.2, 0.25) is 0 Å². The summed E-state index contributed by atoms with van der Waals surface area (Å²) in [6.07, 6.45) is 4.13. The number of rotatable bonds is 6. The lowest BCUT2D eigenvalue weighted by Crippen LogP contribution is -2.36. The molecule has 5 rings (SSSR count). The smallest absolute Gasteiger partial charge is 0.337 e. The average molecular weight is 491 g/mol. The number of hydrogen-bond acceptors (Lipinski definition) is 5. The zero-order valence-electron chi connectivity index (χ0n) is 20.2. The maximum Gasteiger partial charge on any atom is 0.337 e. The van der Waals surface area contributed by atoms with Crippen molar-refractivity contribution in [2.24, 2.45) is 0 Å². The minimum atomic E-state index is -0.341. The molecule has 8 heteroatoms. The number of carbonyl (C=O) groups is 1. The number of thiocarbonyl (C=S) groups is 1. The second-order valence-electron chi connectivity index (χ2n) is 9.11. The van der Waals surface area contributed by atoms with Gasteiger partial charge in [0.05, 0.1) is 36.6 Å². The Morgan fingerprint density at radius 2 is 2.03 bits per heavy atom. The molecule has 1 N–H and O–H groups in total. The lowest BCUT2D eigenvalue weighted by atomic mass is 9.96. The van der Waals surface area contributed by atoms with Gasteiger partial charge in [-0.15, -0.1) is 0 Å². The fourth-order valence-electron chi connectivity index (χ4n) is 5.30. The van der Waals surface area contributed by atoms with Crippen molar-refractivity contribution in [3.63, 3.8) is 0 Å². The zero-order valence-corrected chi connectivity index (χ0v) is 21.0. The number of nitrogens with zero attached hydrogens (tertiary/aromatic N) is 3. The molecule has 0 aliphatic carbocycles. The third-order valence-electron chi connectivity index (χ3n) is 6.96. The van der Waals surface area contributed by atoms with E-state index in [0.717, 1.165) is 53.9 Å². The molecule has 35 heavy (non-hydrogen) atoms. The summed E-state index contributed by atoms with van der Waals surface area (Å²) in [6.45, 7) is 5.80. The summed E-state index contributed by atoms with van der Waals surface area (Å²) < 4.78 is 13.0. The average Bonchev–Trinajstić information content (AvgIpc) is 3.58. The number of pyridine rings is 1. The minimum absolute atomic E-state index is 0.0177. The van der Waals surface area contributed by atoms with Gasteiger partial charge in [0.2, 0.25) is 0 Å². The van der Waals surface area contributed by atoms with Crippen LogP contribution in [0.5, 0.6) is 0 Å². The number of nitrogens with one attached hydrogen (secondary N) is 1. The van der Waals surface area contributed by atoms with Gasteiger partial charge in [-0.2, -0.15) is 0 Å². The molecule has 0 spiro atoms. The van der Waals surface area contributed by atoms with Gasteiger partial charge >= 0.3 is 5.97 Å². The Balaban J connectivity index is 1.55. The summed E-state index contributed by atoms with van der Waals surface area (Å²) in [6, 6.07) is 15.6. The molecule has 7 nitrogen and oxygen atoms in total. The molecule has 0 amide bonds. The number of ether oxygens (including phenoxy) is 2. The molecule has 2 fully saturated rings. The number of benzene rings is 1. The summed E-state index contributed by atoms with van der Waals surface area (Å²) in [5, 5.41) is 4.27. The van der Waals surface area contributed by atoms with Crippen LogP contribution < -0.4 is 5.32 Å². The fraction of sp³-hybridized carbons (Fsp3) is 0.370. The first-order valence-corrected chi connectivity index (χ1v) is 12.4. The van der Waals surface area contributed by atoms with Gasteiger partial charge in [0.15, 0.2) is 5.11 Å². The predicted molar refractivity (Wildman–Crippen MR) is 138 cm³/mol. The van der Waals surface area contributed by atoms with E-state index in [1.165, 1.54) is 12.7 Å². The van der Waals surface area contributed by atoms with Crippen LogP contribution in [0.25, 0.3) is 5.69 Å². The maximum absolute atomic E-state index is 11.9. The van der Waals surface area contributed by atoms with Crippen LogP contribution in [-0.4, -0.2) is 51.9 Å². The minimum Gasteiger partial charge on any atom is -0.465 e. The third-order valence-corrected chi connectivity index (χ3v) is 7.31. The molecule has 2 aliphatic heterocycles. The highest BCUT2D eigenvalue weighted by molar-refractivity contribution is 7.80. The summed E-state index contributed by atoms with van der Waals surface area (Å²) in [5.74, 6) is -0.341. The lowest BCUT2D eigenvalue weighted by molar-refractivity contribution is 0.0600. The van der Waals surface area contributed by atoms with Gasteiger partial charge in [0, 0.05) is 36.4 Å². The van der Waals surface area contributed by atoms with E-state index in [0.29, 0.717) is 5.56 Å². The van der Waals surface area contributed by atoms with E-state index in [9.17, 15) is 4.79 Å². The van der Waals surface area contributed by atoms with Crippen LogP contribution in [0, 0.1) is 13.8 Å². The van der Waals surface area contributed by atoms with E-state index in [2.05, 4.69) is 39.7 Å². The van der Waals surface area contributed by atoms with Crippen molar-refractivity contribution in [3.05, 3.63) is 82.9 Å². The summed E-state index contributed by atoms with van der Waals surface area (Å²) >= 11 is 5.84. The van der Waals surface area contributed by atoms with Crippen molar-refractivity contribution in [1.82, 2.24) is 19.8 Å². The Morgan fingerprint density at radius 1 is 1.23 bits per heavy atom. The molecule has 3 aromatic rings. The molecule has 2 saturated heterocycles. The molecule has 2 aliphatic rings. The SMILES string of the molecule is COC(=O)c1ccc(-n2c(C)cc([C@@H]3[C@H](c4ccccn4)NC(=S)N3C[C@H]3CCCO3)c2C)cc1. The maximum atomic E-state index is 11.9. The number of aromatic nitrogens is 2. The highest BCUT2D eigenvalue weighted by Crippen LogP contribution is 2.42. The van der Waals surface area contributed by atoms with Crippen LogP contribution in [0.15, 0.2) is 54.7 Å². The van der Waals surface area contributed by atoms with Crippen molar-refractivity contribution < 1.29 is 14.3 Å². The van der Waals surface area contributed by atoms with Crippen molar-refractivity contribution >= 4 is 23.3 Å². The van der Waals surface area contributed by atoms with Crippen LogP contribution in [0.4, 0.5) is 0 Å². The quantitative estimate of drug-likeness (QED) is 0.405. The highest BCUT2D eigenvalue weighted by atomic mass is 32.1. The van der Waals surface area contributed by atoms with Crippen LogP contribution in [-0.2, 0) is 9.47 Å². The van der Waals surface area contributed by atoms with E-state index < -0.39 is 0 Å². The number of carbonyl (C=O) groups excluding carboxylic acids is 1. The van der Waals surface area contributed by atoms with E-state index in [-0.39, 0.29) is 24.2 Å². The second-order valence-corrected chi connectivity index (χ2v) is 9.50. The fourth-order valence-corrected chi connectivity index (χ4v) is 5.61. The Hall–Kier alpha value is -3.23. The molecule has 0 bridgehead atoms. The van der Waals surface area contributed by atoms with Crippen molar-refractivity contribution in [1.29, 1.82) is 0 Å². The van der Waals surface area contributed by atoms with Crippen LogP contribution in [0.1, 0.15) is 57.9 Å². The van der Waals surface area contributed by atoms with Gasteiger partial charge < -0.3 is 24.3 Å². The first-order valence-electron chi connectivity index (χ1n) is 11.9. The van der Waals surface area contributed by atoms with Gasteiger partial charge in [-0.1, -0.05) is 6.07 Å². The lowest BCUT2D eigenvalue weighted by Gasteiger charge is -2.30. The molecular formula is C27H30N4O3S. The summed E-state index contributed by atoms with van der Waals surface area (Å²) in [4.78, 5) is 18.8. The Morgan fingerprint density at radius 3 is 2.69 bits per heavy atom. The number of aryl methyl sites for hydroxylation is 1. The van der Waals surface area contributed by atoms with Crippen LogP contribution in [0.3, 0.4) is 0 Å². The summed E-state index contributed by atoms with van der Waals surface area (Å²) in [7, 11) is 1.39. The van der Waals surface area contributed by atoms with Gasteiger partial charge in [0.1, 0.15) is 0 Å². The van der Waals surface area contributed by atoms with E-state index in [1.54, 1.807) is 12.1 Å². The van der Waals surface area contributed by atoms with Gasteiger partial charge in [-0.25, -0.2) is 4.79 Å². The topological polar surface area (TPSA) is 68.6 Å². The normalized spacial score (nSPS) is 21.9. The molecule has 0 saturated carbocycles. The predicted octanol–water partition coefficient (Wildman–Crippen LogP) is 4.43. The first kappa shape index (κ1) is 23.5. The van der Waals surface area contributed by atoms with Crippen molar-refractivity contribution in [2.45, 2.75) is 44.9 Å². The van der Waals surface area contributed by atoms with Gasteiger partial charge in [0.25, 0.3) is 0 Å². The highest BCUT2D eigenvalue weighted by Gasteiger charge is 2.42. The Labute approximate surface area is 211 Å². The van der Waals surface area contributed by atoms with E-state index in [1.807, 2.05) is 36.5 Å². The van der Waals surface area contributed by atoms with E-state index in [4.69, 9.17) is 21.7 Å². The molecule has 4 heterocycles.